The van der Waals surface area contributed by atoms with E-state index in [2.05, 4.69) is 0 Å². The lowest BCUT2D eigenvalue weighted by Crippen LogP contribution is -2.09. The molecule has 3 aromatic carbocycles. The van der Waals surface area contributed by atoms with Crippen LogP contribution in [0.1, 0.15) is 30.4 Å². The Kier molecular flexibility index (Phi) is 6.04. The predicted molar refractivity (Wildman–Crippen MR) is 118 cm³/mol. The quantitative estimate of drug-likeness (QED) is 0.372. The van der Waals surface area contributed by atoms with E-state index in [0.717, 1.165) is 28.1 Å². The first-order valence-electron chi connectivity index (χ1n) is 10.1. The molecule has 0 fully saturated rings. The highest BCUT2D eigenvalue weighted by Crippen LogP contribution is 2.25. The smallest absolute Gasteiger partial charge is 0.306 e. The van der Waals surface area contributed by atoms with E-state index >= 15 is 0 Å². The van der Waals surface area contributed by atoms with Gasteiger partial charge in [-0.1, -0.05) is 85.8 Å². The van der Waals surface area contributed by atoms with E-state index in [-0.39, 0.29) is 18.5 Å². The van der Waals surface area contributed by atoms with Crippen molar-refractivity contribution < 1.29 is 9.53 Å². The Morgan fingerprint density at radius 2 is 1.50 bits per heavy atom. The minimum atomic E-state index is -0.210. The van der Waals surface area contributed by atoms with Crippen molar-refractivity contribution in [1.29, 1.82) is 0 Å². The molecule has 4 heteroatoms. The highest BCUT2D eigenvalue weighted by Gasteiger charge is 2.16. The SMILES string of the molecule is C[C@@H](CC(=O)OCc1cn(-c2ccccc2)nc1-c1ccccc1)c1ccccc1. The molecule has 0 aliphatic heterocycles. The molecule has 0 N–H and O–H groups in total. The van der Waals surface area contributed by atoms with E-state index in [1.54, 1.807) is 0 Å². The van der Waals surface area contributed by atoms with Crippen molar-refractivity contribution in [1.82, 2.24) is 9.78 Å². The number of aromatic nitrogens is 2. The van der Waals surface area contributed by atoms with Gasteiger partial charge < -0.3 is 4.74 Å². The first-order chi connectivity index (χ1) is 14.7. The highest BCUT2D eigenvalue weighted by molar-refractivity contribution is 5.71. The number of rotatable bonds is 7. The van der Waals surface area contributed by atoms with Gasteiger partial charge in [0, 0.05) is 17.3 Å². The van der Waals surface area contributed by atoms with Crippen molar-refractivity contribution in [3.05, 3.63) is 108 Å². The lowest BCUT2D eigenvalue weighted by atomic mass is 9.98. The Labute approximate surface area is 176 Å². The first-order valence-corrected chi connectivity index (χ1v) is 10.1. The van der Waals surface area contributed by atoms with Crippen LogP contribution < -0.4 is 0 Å². The normalized spacial score (nSPS) is 11.8. The number of esters is 1. The molecule has 1 aromatic heterocycles. The molecular formula is C26H24N2O2. The van der Waals surface area contributed by atoms with Crippen LogP contribution in [-0.4, -0.2) is 15.7 Å². The van der Waals surface area contributed by atoms with Crippen molar-refractivity contribution >= 4 is 5.97 Å². The summed E-state index contributed by atoms with van der Waals surface area (Å²) in [6.45, 7) is 2.23. The molecule has 1 atom stereocenters. The van der Waals surface area contributed by atoms with E-state index in [1.165, 1.54) is 0 Å². The van der Waals surface area contributed by atoms with Crippen LogP contribution in [0.5, 0.6) is 0 Å². The molecule has 0 unspecified atom stereocenters. The van der Waals surface area contributed by atoms with Gasteiger partial charge in [0.15, 0.2) is 0 Å². The maximum Gasteiger partial charge on any atom is 0.306 e. The summed E-state index contributed by atoms with van der Waals surface area (Å²) in [5.74, 6) is -0.0999. The average molecular weight is 396 g/mol. The van der Waals surface area contributed by atoms with Crippen molar-refractivity contribution in [2.45, 2.75) is 25.9 Å². The van der Waals surface area contributed by atoms with Crippen LogP contribution in [0.25, 0.3) is 16.9 Å². The standard InChI is InChI=1S/C26H24N2O2/c1-20(21-11-5-2-6-12-21)17-25(29)30-19-23-18-28(24-15-9-4-10-16-24)27-26(23)22-13-7-3-8-14-22/h2-16,18,20H,17,19H2,1H3/t20-/m0/s1. The van der Waals surface area contributed by atoms with E-state index in [9.17, 15) is 4.79 Å². The summed E-state index contributed by atoms with van der Waals surface area (Å²) in [5, 5.41) is 4.76. The van der Waals surface area contributed by atoms with Gasteiger partial charge in [-0.25, -0.2) is 4.68 Å². The van der Waals surface area contributed by atoms with Crippen LogP contribution in [0.15, 0.2) is 97.2 Å². The summed E-state index contributed by atoms with van der Waals surface area (Å²) in [5.41, 5.74) is 4.80. The summed E-state index contributed by atoms with van der Waals surface area (Å²) >= 11 is 0. The van der Waals surface area contributed by atoms with Crippen molar-refractivity contribution in [2.75, 3.05) is 0 Å². The van der Waals surface area contributed by atoms with Gasteiger partial charge in [0.05, 0.1) is 17.8 Å². The third kappa shape index (κ3) is 4.66. The molecule has 0 saturated heterocycles. The molecule has 1 heterocycles. The Balaban J connectivity index is 1.51. The predicted octanol–water partition coefficient (Wildman–Crippen LogP) is 5.78. The second-order valence-electron chi connectivity index (χ2n) is 7.33. The molecule has 0 bridgehead atoms. The fourth-order valence-electron chi connectivity index (χ4n) is 3.43. The van der Waals surface area contributed by atoms with Gasteiger partial charge in [0.25, 0.3) is 0 Å². The lowest BCUT2D eigenvalue weighted by molar-refractivity contribution is -0.145. The summed E-state index contributed by atoms with van der Waals surface area (Å²) in [4.78, 5) is 12.5. The molecule has 0 aliphatic carbocycles. The number of hydrogen-bond donors (Lipinski definition) is 0. The number of carbonyl (C=O) groups excluding carboxylic acids is 1. The number of hydrogen-bond acceptors (Lipinski definition) is 3. The van der Waals surface area contributed by atoms with Crippen LogP contribution >= 0.6 is 0 Å². The van der Waals surface area contributed by atoms with Gasteiger partial charge >= 0.3 is 5.97 Å². The number of carbonyl (C=O) groups is 1. The summed E-state index contributed by atoms with van der Waals surface area (Å²) < 4.78 is 7.47. The Bertz CT molecular complexity index is 1090. The van der Waals surface area contributed by atoms with Crippen molar-refractivity contribution in [2.24, 2.45) is 0 Å². The zero-order valence-corrected chi connectivity index (χ0v) is 16.9. The summed E-state index contributed by atoms with van der Waals surface area (Å²) in [6.07, 6.45) is 2.28. The fraction of sp³-hybridized carbons (Fsp3) is 0.154. The second-order valence-corrected chi connectivity index (χ2v) is 7.33. The largest absolute Gasteiger partial charge is 0.461 e. The molecule has 4 nitrogen and oxygen atoms in total. The molecule has 4 rings (SSSR count). The summed E-state index contributed by atoms with van der Waals surface area (Å²) in [6, 6.07) is 29.9. The van der Waals surface area contributed by atoms with E-state index in [1.807, 2.05) is 109 Å². The maximum atomic E-state index is 12.5. The molecule has 4 aromatic rings. The Hall–Kier alpha value is -3.66. The van der Waals surface area contributed by atoms with Crippen LogP contribution in [0.4, 0.5) is 0 Å². The Morgan fingerprint density at radius 1 is 0.900 bits per heavy atom. The van der Waals surface area contributed by atoms with Crippen molar-refractivity contribution in [3.8, 4) is 16.9 Å². The molecule has 0 radical (unpaired) electrons. The number of ether oxygens (including phenoxy) is 1. The van der Waals surface area contributed by atoms with Crippen LogP contribution in [0.2, 0.25) is 0 Å². The molecule has 0 amide bonds. The zero-order valence-electron chi connectivity index (χ0n) is 16.9. The molecule has 150 valence electrons. The van der Waals surface area contributed by atoms with Crippen LogP contribution in [0.3, 0.4) is 0 Å². The van der Waals surface area contributed by atoms with Gasteiger partial charge in [-0.15, -0.1) is 0 Å². The minimum absolute atomic E-state index is 0.110. The summed E-state index contributed by atoms with van der Waals surface area (Å²) in [7, 11) is 0. The number of para-hydroxylation sites is 1. The fourth-order valence-corrected chi connectivity index (χ4v) is 3.43. The van der Waals surface area contributed by atoms with Gasteiger partial charge in [0.2, 0.25) is 0 Å². The average Bonchev–Trinajstić information content (AvgIpc) is 3.24. The van der Waals surface area contributed by atoms with Gasteiger partial charge in [-0.2, -0.15) is 5.10 Å². The van der Waals surface area contributed by atoms with Gasteiger partial charge in [-0.05, 0) is 23.6 Å². The first kappa shape index (κ1) is 19.6. The maximum absolute atomic E-state index is 12.5. The topological polar surface area (TPSA) is 44.1 Å². The monoisotopic (exact) mass is 396 g/mol. The van der Waals surface area contributed by atoms with Gasteiger partial charge in [-0.3, -0.25) is 4.79 Å². The second kappa shape index (κ2) is 9.23. The molecule has 0 saturated carbocycles. The van der Waals surface area contributed by atoms with E-state index in [4.69, 9.17) is 9.84 Å². The number of nitrogens with zero attached hydrogens (tertiary/aromatic N) is 2. The number of benzene rings is 3. The third-order valence-corrected chi connectivity index (χ3v) is 5.09. The minimum Gasteiger partial charge on any atom is -0.461 e. The highest BCUT2D eigenvalue weighted by atomic mass is 16.5. The lowest BCUT2D eigenvalue weighted by Gasteiger charge is -2.11. The van der Waals surface area contributed by atoms with Gasteiger partial charge in [0.1, 0.15) is 6.61 Å². The molecule has 0 aliphatic rings. The Morgan fingerprint density at radius 3 is 2.17 bits per heavy atom. The van der Waals surface area contributed by atoms with Crippen molar-refractivity contribution in [3.63, 3.8) is 0 Å². The van der Waals surface area contributed by atoms with Crippen LogP contribution in [-0.2, 0) is 16.1 Å². The molecule has 0 spiro atoms. The van der Waals surface area contributed by atoms with E-state index in [0.29, 0.717) is 6.42 Å². The molecule has 30 heavy (non-hydrogen) atoms. The van der Waals surface area contributed by atoms with Crippen LogP contribution in [0, 0.1) is 0 Å². The third-order valence-electron chi connectivity index (χ3n) is 5.09. The van der Waals surface area contributed by atoms with E-state index < -0.39 is 0 Å². The zero-order chi connectivity index (χ0) is 20.8. The molecular weight excluding hydrogens is 372 g/mol.